The number of hydrogen-bond donors (Lipinski definition) is 1. The van der Waals surface area contributed by atoms with Gasteiger partial charge in [0, 0.05) is 46.8 Å². The fourth-order valence-electron chi connectivity index (χ4n) is 2.54. The van der Waals surface area contributed by atoms with Gasteiger partial charge in [0.1, 0.15) is 5.76 Å². The van der Waals surface area contributed by atoms with Crippen LogP contribution in [-0.2, 0) is 11.2 Å². The molecule has 2 rings (SSSR count). The van der Waals surface area contributed by atoms with Crippen LogP contribution in [0, 0.1) is 5.92 Å². The Morgan fingerprint density at radius 1 is 1.45 bits per heavy atom. The molecule has 0 amide bonds. The highest BCUT2D eigenvalue weighted by atomic mass is 16.5. The number of ether oxygens (including phenoxy) is 1. The molecule has 0 aromatic carbocycles. The van der Waals surface area contributed by atoms with E-state index in [0.29, 0.717) is 5.92 Å². The lowest BCUT2D eigenvalue weighted by Crippen LogP contribution is -2.42. The molecule has 20 heavy (non-hydrogen) atoms. The van der Waals surface area contributed by atoms with Gasteiger partial charge in [0.05, 0.1) is 6.26 Å². The summed E-state index contributed by atoms with van der Waals surface area (Å²) in [6, 6.07) is 3.91. The highest BCUT2D eigenvalue weighted by molar-refractivity contribution is 5.79. The predicted octanol–water partition coefficient (Wildman–Crippen LogP) is 1.76. The molecule has 1 saturated heterocycles. The molecule has 5 nitrogen and oxygen atoms in total. The van der Waals surface area contributed by atoms with Crippen LogP contribution in [-0.4, -0.2) is 51.3 Å². The van der Waals surface area contributed by atoms with Crippen LogP contribution in [0.5, 0.6) is 0 Å². The van der Waals surface area contributed by atoms with Crippen molar-refractivity contribution >= 4 is 5.96 Å². The molecule has 1 aromatic rings. The second-order valence-electron chi connectivity index (χ2n) is 5.24. The molecule has 5 heteroatoms. The van der Waals surface area contributed by atoms with Gasteiger partial charge >= 0.3 is 0 Å². The van der Waals surface area contributed by atoms with E-state index >= 15 is 0 Å². The van der Waals surface area contributed by atoms with Crippen molar-refractivity contribution in [3.05, 3.63) is 24.2 Å². The molecule has 1 aromatic heterocycles. The summed E-state index contributed by atoms with van der Waals surface area (Å²) in [5.74, 6) is 2.65. The van der Waals surface area contributed by atoms with Gasteiger partial charge in [0.25, 0.3) is 0 Å². The van der Waals surface area contributed by atoms with E-state index < -0.39 is 0 Å². The lowest BCUT2D eigenvalue weighted by molar-refractivity contribution is 0.0610. The van der Waals surface area contributed by atoms with E-state index in [4.69, 9.17) is 9.15 Å². The van der Waals surface area contributed by atoms with Crippen LogP contribution in [0.1, 0.15) is 18.6 Å². The molecule has 2 heterocycles. The summed E-state index contributed by atoms with van der Waals surface area (Å²) in [6.45, 7) is 3.65. The van der Waals surface area contributed by atoms with E-state index in [1.54, 1.807) is 6.26 Å². The van der Waals surface area contributed by atoms with Crippen molar-refractivity contribution < 1.29 is 9.15 Å². The molecular weight excluding hydrogens is 254 g/mol. The Kier molecular flexibility index (Phi) is 5.92. The lowest BCUT2D eigenvalue weighted by Gasteiger charge is -2.29. The van der Waals surface area contributed by atoms with Gasteiger partial charge in [-0.05, 0) is 30.9 Å². The SMILES string of the molecule is CN=C(NCCc1ccco1)N(C)CC1CCOCC1. The predicted molar refractivity (Wildman–Crippen MR) is 79.9 cm³/mol. The first-order valence-corrected chi connectivity index (χ1v) is 7.31. The highest BCUT2D eigenvalue weighted by Crippen LogP contribution is 2.15. The smallest absolute Gasteiger partial charge is 0.193 e. The van der Waals surface area contributed by atoms with Crippen LogP contribution in [0.2, 0.25) is 0 Å². The molecule has 0 radical (unpaired) electrons. The summed E-state index contributed by atoms with van der Waals surface area (Å²) in [5.41, 5.74) is 0. The lowest BCUT2D eigenvalue weighted by atomic mass is 10.00. The Labute approximate surface area is 121 Å². The minimum atomic E-state index is 0.706. The van der Waals surface area contributed by atoms with Crippen molar-refractivity contribution in [2.75, 3.05) is 40.4 Å². The first-order valence-electron chi connectivity index (χ1n) is 7.31. The zero-order chi connectivity index (χ0) is 14.2. The Morgan fingerprint density at radius 2 is 2.25 bits per heavy atom. The Bertz CT molecular complexity index is 397. The molecule has 0 saturated carbocycles. The van der Waals surface area contributed by atoms with E-state index in [9.17, 15) is 0 Å². The minimum absolute atomic E-state index is 0.706. The fraction of sp³-hybridized carbons (Fsp3) is 0.667. The molecule has 1 aliphatic heterocycles. The number of guanidine groups is 1. The van der Waals surface area contributed by atoms with Crippen LogP contribution < -0.4 is 5.32 Å². The summed E-state index contributed by atoms with van der Waals surface area (Å²) in [5, 5.41) is 3.38. The van der Waals surface area contributed by atoms with Crippen molar-refractivity contribution in [2.24, 2.45) is 10.9 Å². The maximum Gasteiger partial charge on any atom is 0.193 e. The second kappa shape index (κ2) is 7.94. The Morgan fingerprint density at radius 3 is 2.90 bits per heavy atom. The third-order valence-electron chi connectivity index (χ3n) is 3.68. The molecule has 0 atom stereocenters. The third kappa shape index (κ3) is 4.56. The zero-order valence-corrected chi connectivity index (χ0v) is 12.5. The number of nitrogens with zero attached hydrogens (tertiary/aromatic N) is 2. The number of rotatable bonds is 5. The molecule has 1 fully saturated rings. The fourth-order valence-corrected chi connectivity index (χ4v) is 2.54. The number of nitrogens with one attached hydrogen (secondary N) is 1. The maximum atomic E-state index is 5.40. The first-order chi connectivity index (χ1) is 9.79. The summed E-state index contributed by atoms with van der Waals surface area (Å²) in [7, 11) is 3.92. The maximum absolute atomic E-state index is 5.40. The number of aliphatic imine (C=N–C) groups is 1. The van der Waals surface area contributed by atoms with Gasteiger partial charge in [0.2, 0.25) is 0 Å². The van der Waals surface area contributed by atoms with Crippen LogP contribution in [0.15, 0.2) is 27.8 Å². The van der Waals surface area contributed by atoms with Crippen molar-refractivity contribution in [3.63, 3.8) is 0 Å². The van der Waals surface area contributed by atoms with Crippen LogP contribution >= 0.6 is 0 Å². The van der Waals surface area contributed by atoms with Crippen LogP contribution in [0.4, 0.5) is 0 Å². The molecule has 0 aliphatic carbocycles. The van der Waals surface area contributed by atoms with E-state index in [2.05, 4.69) is 22.3 Å². The summed E-state index contributed by atoms with van der Waals surface area (Å²) >= 11 is 0. The van der Waals surface area contributed by atoms with Gasteiger partial charge in [0.15, 0.2) is 5.96 Å². The average molecular weight is 279 g/mol. The molecule has 0 spiro atoms. The molecular formula is C15H25N3O2. The molecule has 1 N–H and O–H groups in total. The largest absolute Gasteiger partial charge is 0.469 e. The van der Waals surface area contributed by atoms with E-state index in [1.165, 1.54) is 0 Å². The number of furan rings is 1. The van der Waals surface area contributed by atoms with Gasteiger partial charge in [-0.15, -0.1) is 0 Å². The van der Waals surface area contributed by atoms with E-state index in [-0.39, 0.29) is 0 Å². The highest BCUT2D eigenvalue weighted by Gasteiger charge is 2.17. The molecule has 1 aliphatic rings. The van der Waals surface area contributed by atoms with Gasteiger partial charge in [-0.25, -0.2) is 0 Å². The van der Waals surface area contributed by atoms with Crippen LogP contribution in [0.25, 0.3) is 0 Å². The monoisotopic (exact) mass is 279 g/mol. The summed E-state index contributed by atoms with van der Waals surface area (Å²) < 4.78 is 10.7. The topological polar surface area (TPSA) is 50.0 Å². The zero-order valence-electron chi connectivity index (χ0n) is 12.5. The third-order valence-corrected chi connectivity index (χ3v) is 3.68. The quantitative estimate of drug-likeness (QED) is 0.659. The van der Waals surface area contributed by atoms with Gasteiger partial charge in [-0.3, -0.25) is 4.99 Å². The molecule has 0 bridgehead atoms. The van der Waals surface area contributed by atoms with E-state index in [1.807, 2.05) is 19.2 Å². The van der Waals surface area contributed by atoms with Crippen molar-refractivity contribution in [1.82, 2.24) is 10.2 Å². The van der Waals surface area contributed by atoms with Crippen molar-refractivity contribution in [3.8, 4) is 0 Å². The van der Waals surface area contributed by atoms with Crippen LogP contribution in [0.3, 0.4) is 0 Å². The van der Waals surface area contributed by atoms with E-state index in [0.717, 1.165) is 57.3 Å². The average Bonchev–Trinajstić information content (AvgIpc) is 2.98. The Hall–Kier alpha value is -1.49. The van der Waals surface area contributed by atoms with Crippen molar-refractivity contribution in [1.29, 1.82) is 0 Å². The van der Waals surface area contributed by atoms with Crippen molar-refractivity contribution in [2.45, 2.75) is 19.3 Å². The summed E-state index contributed by atoms with van der Waals surface area (Å²) in [6.07, 6.45) is 4.88. The van der Waals surface area contributed by atoms with Gasteiger partial charge in [-0.2, -0.15) is 0 Å². The normalized spacial score (nSPS) is 17.2. The summed E-state index contributed by atoms with van der Waals surface area (Å²) in [4.78, 5) is 6.55. The number of hydrogen-bond acceptors (Lipinski definition) is 3. The van der Waals surface area contributed by atoms with Gasteiger partial charge in [-0.1, -0.05) is 0 Å². The standard InChI is InChI=1S/C15H25N3O2/c1-16-15(17-8-5-14-4-3-9-20-14)18(2)12-13-6-10-19-11-7-13/h3-4,9,13H,5-8,10-12H2,1-2H3,(H,16,17). The van der Waals surface area contributed by atoms with Gasteiger partial charge < -0.3 is 19.4 Å². The first kappa shape index (κ1) is 14.9. The Balaban J connectivity index is 1.72. The molecule has 0 unspecified atom stereocenters. The molecule has 112 valence electrons. The minimum Gasteiger partial charge on any atom is -0.469 e. The second-order valence-corrected chi connectivity index (χ2v) is 5.24.